The molecule has 1 atom stereocenters. The second-order valence-electron chi connectivity index (χ2n) is 12.2. The van der Waals surface area contributed by atoms with Crippen molar-refractivity contribution >= 4 is 43.5 Å². The molecule has 9 nitrogen and oxygen atoms in total. The monoisotopic (exact) mass is 765 g/mol. The molecule has 0 saturated heterocycles. The van der Waals surface area contributed by atoms with E-state index >= 15 is 0 Å². The highest BCUT2D eigenvalue weighted by Gasteiger charge is 2.35. The van der Waals surface area contributed by atoms with Gasteiger partial charge in [-0.2, -0.15) is 0 Å². The van der Waals surface area contributed by atoms with Gasteiger partial charge in [-0.15, -0.1) is 0 Å². The van der Waals surface area contributed by atoms with Gasteiger partial charge in [-0.25, -0.2) is 12.8 Å². The Morgan fingerprint density at radius 1 is 0.860 bits per heavy atom. The number of carbonyl (C=O) groups is 2. The van der Waals surface area contributed by atoms with E-state index in [9.17, 15) is 22.4 Å². The number of carbonyl (C=O) groups excluding carboxylic acids is 2. The third-order valence-electron chi connectivity index (χ3n) is 8.83. The summed E-state index contributed by atoms with van der Waals surface area (Å²) >= 11 is 3.46. The second-order valence-corrected chi connectivity index (χ2v) is 15.0. The highest BCUT2D eigenvalue weighted by atomic mass is 79.9. The minimum absolute atomic E-state index is 0.0136. The van der Waals surface area contributed by atoms with Gasteiger partial charge in [0.15, 0.2) is 11.5 Å². The summed E-state index contributed by atoms with van der Waals surface area (Å²) < 4.78 is 55.3. The lowest BCUT2D eigenvalue weighted by atomic mass is 9.94. The number of methoxy groups -OCH3 is 2. The average Bonchev–Trinajstić information content (AvgIpc) is 3.13. The third-order valence-corrected chi connectivity index (χ3v) is 11.1. The van der Waals surface area contributed by atoms with Gasteiger partial charge < -0.3 is 19.7 Å². The van der Waals surface area contributed by atoms with E-state index in [1.165, 1.54) is 49.5 Å². The summed E-state index contributed by atoms with van der Waals surface area (Å²) in [5.41, 5.74) is 1.67. The number of hydrogen-bond acceptors (Lipinski definition) is 6. The van der Waals surface area contributed by atoms with E-state index < -0.39 is 34.3 Å². The molecule has 2 amide bonds. The van der Waals surface area contributed by atoms with E-state index in [1.54, 1.807) is 0 Å². The topological polar surface area (TPSA) is 105 Å². The van der Waals surface area contributed by atoms with Crippen LogP contribution in [-0.2, 0) is 32.6 Å². The van der Waals surface area contributed by atoms with Gasteiger partial charge in [0.05, 0.1) is 24.8 Å². The van der Waals surface area contributed by atoms with Crippen molar-refractivity contribution in [3.05, 3.63) is 118 Å². The van der Waals surface area contributed by atoms with E-state index in [2.05, 4.69) is 21.2 Å². The molecule has 12 heteroatoms. The van der Waals surface area contributed by atoms with Gasteiger partial charge in [0.1, 0.15) is 18.4 Å². The van der Waals surface area contributed by atoms with Crippen LogP contribution in [-0.4, -0.2) is 58.0 Å². The Morgan fingerprint density at radius 2 is 1.52 bits per heavy atom. The van der Waals surface area contributed by atoms with Crippen molar-refractivity contribution in [3.63, 3.8) is 0 Å². The zero-order valence-corrected chi connectivity index (χ0v) is 30.5. The lowest BCUT2D eigenvalue weighted by Gasteiger charge is -2.35. The molecule has 0 radical (unpaired) electrons. The molecule has 1 aliphatic carbocycles. The molecule has 1 aliphatic rings. The van der Waals surface area contributed by atoms with E-state index in [0.717, 1.165) is 64.1 Å². The predicted molar refractivity (Wildman–Crippen MR) is 194 cm³/mol. The number of anilines is 1. The van der Waals surface area contributed by atoms with Crippen molar-refractivity contribution < 1.29 is 31.9 Å². The quantitative estimate of drug-likeness (QED) is 0.150. The molecule has 0 heterocycles. The van der Waals surface area contributed by atoms with E-state index in [0.29, 0.717) is 5.75 Å². The van der Waals surface area contributed by atoms with Crippen LogP contribution in [0.15, 0.2) is 106 Å². The summed E-state index contributed by atoms with van der Waals surface area (Å²) in [6, 6.07) is 24.8. The number of hydrogen-bond donors (Lipinski definition) is 1. The van der Waals surface area contributed by atoms with Crippen LogP contribution in [0, 0.1) is 5.82 Å². The predicted octanol–water partition coefficient (Wildman–Crippen LogP) is 6.89. The summed E-state index contributed by atoms with van der Waals surface area (Å²) in [5, 5.41) is 3.20. The van der Waals surface area contributed by atoms with Crippen molar-refractivity contribution in [1.29, 1.82) is 0 Å². The van der Waals surface area contributed by atoms with Crippen molar-refractivity contribution in [2.45, 2.75) is 62.0 Å². The van der Waals surface area contributed by atoms with Gasteiger partial charge in [-0.05, 0) is 72.5 Å². The molecular formula is C38H41BrFN3O6S. The van der Waals surface area contributed by atoms with Crippen LogP contribution in [0.3, 0.4) is 0 Å². The summed E-state index contributed by atoms with van der Waals surface area (Å²) in [4.78, 5) is 30.2. The van der Waals surface area contributed by atoms with Crippen molar-refractivity contribution in [2.75, 3.05) is 25.1 Å². The Morgan fingerprint density at radius 3 is 2.16 bits per heavy atom. The summed E-state index contributed by atoms with van der Waals surface area (Å²) in [7, 11) is -1.61. The third kappa shape index (κ3) is 9.22. The number of benzene rings is 4. The molecule has 0 aromatic heterocycles. The zero-order chi connectivity index (χ0) is 35.7. The standard InChI is InChI=1S/C38H41BrFN3O6S/c1-48-35-22-21-33(24-36(35)49-2)50(46,47)43(32-19-17-30(40)18-20-32)26-37(44)42(25-28-13-15-29(39)16-14-28)34(23-27-9-5-3-6-10-27)38(45)41-31-11-7-4-8-12-31/h3,5-6,9-10,13-22,24,31,34H,4,7-8,11-12,23,25-26H2,1-2H3,(H,41,45)/t34-/m1/s1. The van der Waals surface area contributed by atoms with Crippen LogP contribution in [0.2, 0.25) is 0 Å². The lowest BCUT2D eigenvalue weighted by Crippen LogP contribution is -2.55. The Labute approximate surface area is 301 Å². The maximum Gasteiger partial charge on any atom is 0.264 e. The fourth-order valence-corrected chi connectivity index (χ4v) is 7.82. The highest BCUT2D eigenvalue weighted by Crippen LogP contribution is 2.33. The molecule has 1 N–H and O–H groups in total. The summed E-state index contributed by atoms with van der Waals surface area (Å²) in [6.45, 7) is -0.629. The van der Waals surface area contributed by atoms with Gasteiger partial charge in [-0.1, -0.05) is 77.7 Å². The van der Waals surface area contributed by atoms with Gasteiger partial charge in [-0.3, -0.25) is 13.9 Å². The molecule has 5 rings (SSSR count). The number of rotatable bonds is 14. The first-order valence-electron chi connectivity index (χ1n) is 16.5. The number of nitrogens with one attached hydrogen (secondary N) is 1. The zero-order valence-electron chi connectivity index (χ0n) is 28.1. The van der Waals surface area contributed by atoms with Gasteiger partial charge in [0.2, 0.25) is 11.8 Å². The average molecular weight is 767 g/mol. The Kier molecular flexibility index (Phi) is 12.5. The maximum atomic E-state index is 14.7. The van der Waals surface area contributed by atoms with Crippen molar-refractivity contribution in [1.82, 2.24) is 10.2 Å². The molecule has 1 fully saturated rings. The molecule has 0 aliphatic heterocycles. The van der Waals surface area contributed by atoms with Crippen molar-refractivity contribution in [2.24, 2.45) is 0 Å². The molecule has 264 valence electrons. The minimum atomic E-state index is -4.44. The fraction of sp³-hybridized carbons (Fsp3) is 0.316. The van der Waals surface area contributed by atoms with Crippen LogP contribution >= 0.6 is 15.9 Å². The SMILES string of the molecule is COc1ccc(S(=O)(=O)N(CC(=O)N(Cc2ccc(Br)cc2)[C@H](Cc2ccccc2)C(=O)NC2CCCCC2)c2ccc(F)cc2)cc1OC. The molecule has 1 saturated carbocycles. The highest BCUT2D eigenvalue weighted by molar-refractivity contribution is 9.10. The first kappa shape index (κ1) is 36.9. The second kappa shape index (κ2) is 17.0. The number of sulfonamides is 1. The molecular weight excluding hydrogens is 725 g/mol. The first-order valence-corrected chi connectivity index (χ1v) is 18.7. The normalized spacial score (nSPS) is 14.0. The molecule has 0 spiro atoms. The van der Waals surface area contributed by atoms with Gasteiger partial charge in [0, 0.05) is 29.5 Å². The number of amides is 2. The smallest absolute Gasteiger partial charge is 0.264 e. The lowest BCUT2D eigenvalue weighted by molar-refractivity contribution is -0.140. The molecule has 4 aromatic rings. The Bertz CT molecular complexity index is 1850. The van der Waals surface area contributed by atoms with Gasteiger partial charge in [0.25, 0.3) is 10.0 Å². The van der Waals surface area contributed by atoms with E-state index in [-0.39, 0.29) is 41.2 Å². The first-order chi connectivity index (χ1) is 24.1. The van der Waals surface area contributed by atoms with Gasteiger partial charge >= 0.3 is 0 Å². The molecule has 0 bridgehead atoms. The maximum absolute atomic E-state index is 14.7. The van der Waals surface area contributed by atoms with Crippen LogP contribution in [0.25, 0.3) is 0 Å². The van der Waals surface area contributed by atoms with Crippen LogP contribution in [0.4, 0.5) is 10.1 Å². The van der Waals surface area contributed by atoms with Crippen molar-refractivity contribution in [3.8, 4) is 11.5 Å². The Balaban J connectivity index is 1.57. The number of ether oxygens (including phenoxy) is 2. The summed E-state index contributed by atoms with van der Waals surface area (Å²) in [6.07, 6.45) is 5.05. The van der Waals surface area contributed by atoms with E-state index in [4.69, 9.17) is 9.47 Å². The molecule has 50 heavy (non-hydrogen) atoms. The fourth-order valence-electron chi connectivity index (χ4n) is 6.13. The van der Waals surface area contributed by atoms with E-state index in [1.807, 2.05) is 54.6 Å². The van der Waals surface area contributed by atoms with Crippen LogP contribution in [0.1, 0.15) is 43.2 Å². The Hall–Kier alpha value is -4.42. The van der Waals surface area contributed by atoms with Crippen LogP contribution in [0.5, 0.6) is 11.5 Å². The molecule has 0 unspecified atom stereocenters. The number of nitrogens with zero attached hydrogens (tertiary/aromatic N) is 2. The largest absolute Gasteiger partial charge is 0.493 e. The summed E-state index contributed by atoms with van der Waals surface area (Å²) in [5.74, 6) is -0.978. The minimum Gasteiger partial charge on any atom is -0.493 e. The molecule has 4 aromatic carbocycles. The number of halogens is 2. The van der Waals surface area contributed by atoms with Crippen LogP contribution < -0.4 is 19.1 Å².